The third-order valence-electron chi connectivity index (χ3n) is 9.14. The van der Waals surface area contributed by atoms with E-state index >= 15 is 0 Å². The molecule has 3 fully saturated rings. The van der Waals surface area contributed by atoms with Crippen molar-refractivity contribution in [2.24, 2.45) is 21.7 Å². The highest BCUT2D eigenvalue weighted by atomic mass is 16.2. The molecule has 1 saturated carbocycles. The number of para-hydroxylation sites is 2. The van der Waals surface area contributed by atoms with Crippen LogP contribution in [0.4, 0.5) is 11.4 Å². The van der Waals surface area contributed by atoms with Gasteiger partial charge in [-0.3, -0.25) is 19.2 Å². The van der Waals surface area contributed by atoms with E-state index in [1.165, 1.54) is 9.80 Å². The fraction of sp³-hybridized carbons (Fsp3) is 0.259. The van der Waals surface area contributed by atoms with Crippen LogP contribution in [0.5, 0.6) is 0 Å². The summed E-state index contributed by atoms with van der Waals surface area (Å²) < 4.78 is 0. The first-order valence-electron chi connectivity index (χ1n) is 11.2. The summed E-state index contributed by atoms with van der Waals surface area (Å²) in [5, 5.41) is 0. The molecule has 2 spiro atoms. The maximum absolute atomic E-state index is 14.0. The van der Waals surface area contributed by atoms with E-state index in [0.29, 0.717) is 28.9 Å². The van der Waals surface area contributed by atoms with Crippen molar-refractivity contribution in [1.29, 1.82) is 0 Å². The van der Waals surface area contributed by atoms with Crippen molar-refractivity contribution in [1.82, 2.24) is 0 Å². The van der Waals surface area contributed by atoms with Crippen LogP contribution in [0.1, 0.15) is 20.3 Å². The Morgan fingerprint density at radius 2 is 1.09 bits per heavy atom. The topological polar surface area (TPSA) is 74.8 Å². The van der Waals surface area contributed by atoms with Crippen molar-refractivity contribution in [3.8, 4) is 0 Å². The first kappa shape index (κ1) is 18.7. The van der Waals surface area contributed by atoms with Gasteiger partial charge in [-0.05, 0) is 30.7 Å². The predicted octanol–water partition coefficient (Wildman–Crippen LogP) is 3.40. The molecule has 2 aliphatic heterocycles. The summed E-state index contributed by atoms with van der Waals surface area (Å²) >= 11 is 0. The molecule has 0 bridgehead atoms. The zero-order chi connectivity index (χ0) is 23.0. The standard InChI is InChI=1S/C27H20N2O4/c1-3-25-18-14-26-22(32)29(17-12-8-5-9-13-17)23(33)27(26,24(25,26)2)15-19(25)21(31)28(20(18)30)16-10-6-4-7-11-16/h4-15H,3H2,1-2H3. The lowest BCUT2D eigenvalue weighted by Gasteiger charge is -2.44. The van der Waals surface area contributed by atoms with Gasteiger partial charge in [-0.2, -0.15) is 0 Å². The molecule has 2 atom stereocenters. The van der Waals surface area contributed by atoms with E-state index in [9.17, 15) is 19.2 Å². The molecule has 0 radical (unpaired) electrons. The lowest BCUT2D eigenvalue weighted by atomic mass is 9.62. The fourth-order valence-electron chi connectivity index (χ4n) is 7.84. The molecular formula is C27H20N2O4. The third kappa shape index (κ3) is 1.46. The van der Waals surface area contributed by atoms with Crippen molar-refractivity contribution in [3.63, 3.8) is 0 Å². The molecule has 4 amide bonds. The zero-order valence-corrected chi connectivity index (χ0v) is 18.2. The van der Waals surface area contributed by atoms with Crippen LogP contribution in [0.25, 0.3) is 0 Å². The minimum absolute atomic E-state index is 0.308. The Morgan fingerprint density at radius 3 is 1.52 bits per heavy atom. The molecule has 2 aromatic carbocycles. The molecule has 7 rings (SSSR count). The number of piperidine rings is 2. The maximum Gasteiger partial charge on any atom is 0.261 e. The lowest BCUT2D eigenvalue weighted by molar-refractivity contribution is -0.130. The van der Waals surface area contributed by atoms with Gasteiger partial charge in [-0.15, -0.1) is 0 Å². The van der Waals surface area contributed by atoms with E-state index in [2.05, 4.69) is 0 Å². The second-order valence-corrected chi connectivity index (χ2v) is 9.68. The lowest BCUT2D eigenvalue weighted by Crippen LogP contribution is -2.53. The van der Waals surface area contributed by atoms with Gasteiger partial charge in [0.25, 0.3) is 11.8 Å². The number of amides is 4. The average molecular weight is 436 g/mol. The average Bonchev–Trinajstić information content (AvgIpc) is 2.97. The summed E-state index contributed by atoms with van der Waals surface area (Å²) in [6.07, 6.45) is 3.96. The van der Waals surface area contributed by atoms with Crippen LogP contribution in [-0.4, -0.2) is 23.6 Å². The SMILES string of the molecule is CCC12C3=CC45C(=O)N(c6ccccc6)C(=O)C4(C=C1C(=O)N(c1ccccc1)C3=O)C25C. The molecule has 6 nitrogen and oxygen atoms in total. The molecule has 2 aromatic rings. The van der Waals surface area contributed by atoms with Crippen molar-refractivity contribution >= 4 is 35.0 Å². The van der Waals surface area contributed by atoms with E-state index in [4.69, 9.17) is 0 Å². The Bertz CT molecular complexity index is 1350. The number of anilines is 2. The molecular weight excluding hydrogens is 416 g/mol. The zero-order valence-electron chi connectivity index (χ0n) is 18.2. The van der Waals surface area contributed by atoms with Crippen LogP contribution >= 0.6 is 0 Å². The van der Waals surface area contributed by atoms with Gasteiger partial charge in [-0.25, -0.2) is 9.80 Å². The van der Waals surface area contributed by atoms with E-state index < -0.39 is 33.5 Å². The van der Waals surface area contributed by atoms with E-state index in [1.54, 1.807) is 60.7 Å². The smallest absolute Gasteiger partial charge is 0.261 e. The van der Waals surface area contributed by atoms with Gasteiger partial charge in [0.05, 0.1) is 22.2 Å². The van der Waals surface area contributed by atoms with Crippen LogP contribution in [0.2, 0.25) is 0 Å². The largest absolute Gasteiger partial charge is 0.273 e. The Morgan fingerprint density at radius 1 is 0.667 bits per heavy atom. The Kier molecular flexibility index (Phi) is 2.97. The molecule has 162 valence electrons. The van der Waals surface area contributed by atoms with Gasteiger partial charge < -0.3 is 0 Å². The highest BCUT2D eigenvalue weighted by Crippen LogP contribution is 2.97. The number of nitrogens with zero attached hydrogens (tertiary/aromatic N) is 2. The first-order chi connectivity index (χ1) is 15.8. The van der Waals surface area contributed by atoms with Gasteiger partial charge in [-0.1, -0.05) is 62.4 Å². The third-order valence-corrected chi connectivity index (χ3v) is 9.14. The number of carbonyl (C=O) groups excluding carboxylic acids is 4. The van der Waals surface area contributed by atoms with Crippen molar-refractivity contribution in [3.05, 3.63) is 84.0 Å². The summed E-state index contributed by atoms with van der Waals surface area (Å²) in [7, 11) is 0. The van der Waals surface area contributed by atoms with Gasteiger partial charge in [0.1, 0.15) is 0 Å². The monoisotopic (exact) mass is 436 g/mol. The molecule has 6 heteroatoms. The highest BCUT2D eigenvalue weighted by Gasteiger charge is 3.04. The van der Waals surface area contributed by atoms with Crippen LogP contribution in [0.3, 0.4) is 0 Å². The normalized spacial score (nSPS) is 37.3. The first-order valence-corrected chi connectivity index (χ1v) is 11.2. The minimum Gasteiger partial charge on any atom is -0.273 e. The van der Waals surface area contributed by atoms with Gasteiger partial charge in [0.15, 0.2) is 0 Å². The quantitative estimate of drug-likeness (QED) is 0.692. The molecule has 2 unspecified atom stereocenters. The molecule has 0 aromatic heterocycles. The van der Waals surface area contributed by atoms with Crippen molar-refractivity contribution < 1.29 is 19.2 Å². The highest BCUT2D eigenvalue weighted by molar-refractivity contribution is 6.38. The van der Waals surface area contributed by atoms with Crippen molar-refractivity contribution in [2.75, 3.05) is 9.80 Å². The summed E-state index contributed by atoms with van der Waals surface area (Å²) in [5.74, 6) is -1.42. The molecule has 3 aliphatic carbocycles. The molecule has 5 aliphatic rings. The molecule has 0 N–H and O–H groups in total. The fourth-order valence-corrected chi connectivity index (χ4v) is 7.84. The summed E-state index contributed by atoms with van der Waals surface area (Å²) in [5.41, 5.74) is -2.12. The van der Waals surface area contributed by atoms with E-state index in [1.807, 2.05) is 26.0 Å². The summed E-state index contributed by atoms with van der Waals surface area (Å²) in [6.45, 7) is 3.85. The van der Waals surface area contributed by atoms with Crippen LogP contribution in [0, 0.1) is 21.7 Å². The number of carbonyl (C=O) groups is 4. The molecule has 33 heavy (non-hydrogen) atoms. The second-order valence-electron chi connectivity index (χ2n) is 9.68. The Hall–Kier alpha value is -3.80. The Balaban J connectivity index is 1.48. The number of hydrogen-bond donors (Lipinski definition) is 0. The Labute approximate surface area is 190 Å². The van der Waals surface area contributed by atoms with Gasteiger partial charge in [0.2, 0.25) is 11.8 Å². The minimum atomic E-state index is -1.13. The van der Waals surface area contributed by atoms with Crippen LogP contribution in [0.15, 0.2) is 84.0 Å². The van der Waals surface area contributed by atoms with Crippen molar-refractivity contribution in [2.45, 2.75) is 20.3 Å². The second kappa shape index (κ2) is 5.22. The number of hydrogen-bond acceptors (Lipinski definition) is 4. The summed E-state index contributed by atoms with van der Waals surface area (Å²) in [6, 6.07) is 17.7. The summed E-state index contributed by atoms with van der Waals surface area (Å²) in [4.78, 5) is 57.9. The van der Waals surface area contributed by atoms with Gasteiger partial charge in [0, 0.05) is 22.0 Å². The number of imide groups is 2. The molecule has 2 saturated heterocycles. The van der Waals surface area contributed by atoms with E-state index in [-0.39, 0.29) is 11.8 Å². The van der Waals surface area contributed by atoms with E-state index in [0.717, 1.165) is 0 Å². The molecule has 2 heterocycles. The number of benzene rings is 2. The predicted molar refractivity (Wildman–Crippen MR) is 120 cm³/mol. The van der Waals surface area contributed by atoms with Gasteiger partial charge >= 0.3 is 0 Å². The number of rotatable bonds is 3. The van der Waals surface area contributed by atoms with Crippen LogP contribution < -0.4 is 9.80 Å². The maximum atomic E-state index is 14.0. The van der Waals surface area contributed by atoms with Crippen LogP contribution in [-0.2, 0) is 19.2 Å².